The predicted molar refractivity (Wildman–Crippen MR) is 133 cm³/mol. The second-order valence-electron chi connectivity index (χ2n) is 8.78. The number of fused-ring (bicyclic) bond motifs is 1. The molecule has 9 heteroatoms. The van der Waals surface area contributed by atoms with E-state index >= 15 is 0 Å². The quantitative estimate of drug-likeness (QED) is 0.453. The summed E-state index contributed by atoms with van der Waals surface area (Å²) in [4.78, 5) is 16.2. The van der Waals surface area contributed by atoms with Crippen LogP contribution in [0.4, 0.5) is 5.82 Å². The van der Waals surface area contributed by atoms with Gasteiger partial charge in [-0.25, -0.2) is 9.67 Å². The van der Waals surface area contributed by atoms with Crippen LogP contribution < -0.4 is 15.6 Å². The number of benzene rings is 1. The van der Waals surface area contributed by atoms with E-state index in [-0.39, 0.29) is 17.7 Å². The molecule has 3 aromatic heterocycles. The summed E-state index contributed by atoms with van der Waals surface area (Å²) < 4.78 is 9.48. The molecule has 5 rings (SSSR count). The Balaban J connectivity index is 1.42. The second kappa shape index (κ2) is 9.58. The van der Waals surface area contributed by atoms with E-state index in [2.05, 4.69) is 32.2 Å². The average molecular weight is 470 g/mol. The van der Waals surface area contributed by atoms with E-state index in [9.17, 15) is 4.79 Å². The molecule has 0 unspecified atom stereocenters. The molecule has 0 atom stereocenters. The Kier molecular flexibility index (Phi) is 6.19. The van der Waals surface area contributed by atoms with E-state index in [1.807, 2.05) is 37.4 Å². The summed E-state index contributed by atoms with van der Waals surface area (Å²) in [6.07, 6.45) is 5.50. The van der Waals surface area contributed by atoms with Crippen LogP contribution in [0.3, 0.4) is 0 Å². The highest BCUT2D eigenvalue weighted by atomic mass is 16.5. The molecular weight excluding hydrogens is 442 g/mol. The fraction of sp³-hybridized carbons (Fsp3) is 0.346. The van der Waals surface area contributed by atoms with E-state index in [4.69, 9.17) is 15.1 Å². The van der Waals surface area contributed by atoms with Gasteiger partial charge in [0.25, 0.3) is 5.56 Å². The third-order valence-corrected chi connectivity index (χ3v) is 6.45. The predicted octanol–water partition coefficient (Wildman–Crippen LogP) is 4.06. The van der Waals surface area contributed by atoms with Crippen LogP contribution in [0, 0.1) is 11.3 Å². The third kappa shape index (κ3) is 4.60. The van der Waals surface area contributed by atoms with Gasteiger partial charge in [-0.3, -0.25) is 9.48 Å². The minimum atomic E-state index is -0.156. The molecule has 0 spiro atoms. The first-order valence-electron chi connectivity index (χ1n) is 11.9. The molecule has 1 aliphatic rings. The van der Waals surface area contributed by atoms with Gasteiger partial charge in [0.05, 0.1) is 23.2 Å². The number of pyridine rings is 1. The SMILES string of the molecule is CCNc1cc2c(cn1)c(-c1ccc(C#N)cc1)nn2C1CCC(Oc2ccc(=O)n(C)n2)CC1. The number of rotatable bonds is 6. The summed E-state index contributed by atoms with van der Waals surface area (Å²) in [5.74, 6) is 1.30. The van der Waals surface area contributed by atoms with E-state index in [1.165, 1.54) is 10.7 Å². The molecule has 1 saturated carbocycles. The van der Waals surface area contributed by atoms with E-state index in [0.717, 1.165) is 60.2 Å². The van der Waals surface area contributed by atoms with Crippen molar-refractivity contribution in [2.45, 2.75) is 44.8 Å². The molecule has 1 aromatic carbocycles. The summed E-state index contributed by atoms with van der Waals surface area (Å²) in [6, 6.07) is 15.1. The maximum Gasteiger partial charge on any atom is 0.266 e. The van der Waals surface area contributed by atoms with Gasteiger partial charge in [-0.1, -0.05) is 12.1 Å². The van der Waals surface area contributed by atoms with Crippen molar-refractivity contribution >= 4 is 16.7 Å². The molecule has 1 N–H and O–H groups in total. The van der Waals surface area contributed by atoms with Crippen LogP contribution in [-0.2, 0) is 7.05 Å². The van der Waals surface area contributed by atoms with Crippen molar-refractivity contribution in [2.24, 2.45) is 7.05 Å². The number of nitriles is 1. The Bertz CT molecular complexity index is 1440. The molecule has 0 amide bonds. The van der Waals surface area contributed by atoms with Crippen LogP contribution in [0.1, 0.15) is 44.2 Å². The van der Waals surface area contributed by atoms with Crippen LogP contribution in [0.2, 0.25) is 0 Å². The number of ether oxygens (including phenoxy) is 1. The van der Waals surface area contributed by atoms with Crippen LogP contribution in [0.5, 0.6) is 5.88 Å². The summed E-state index contributed by atoms with van der Waals surface area (Å²) in [5, 5.41) is 22.7. The lowest BCUT2D eigenvalue weighted by molar-refractivity contribution is 0.123. The molecule has 178 valence electrons. The maximum atomic E-state index is 11.6. The van der Waals surface area contributed by atoms with Gasteiger partial charge in [-0.15, -0.1) is 5.10 Å². The molecule has 3 heterocycles. The number of hydrogen-bond donors (Lipinski definition) is 1. The minimum Gasteiger partial charge on any atom is -0.473 e. The van der Waals surface area contributed by atoms with Crippen LogP contribution >= 0.6 is 0 Å². The molecule has 0 bridgehead atoms. The number of anilines is 1. The van der Waals surface area contributed by atoms with Crippen molar-refractivity contribution < 1.29 is 4.74 Å². The first-order valence-corrected chi connectivity index (χ1v) is 11.9. The van der Waals surface area contributed by atoms with Gasteiger partial charge < -0.3 is 10.1 Å². The number of hydrogen-bond acceptors (Lipinski definition) is 7. The Hall–Kier alpha value is -4.19. The van der Waals surface area contributed by atoms with Crippen molar-refractivity contribution in [3.63, 3.8) is 0 Å². The normalized spacial score (nSPS) is 17.7. The zero-order valence-corrected chi connectivity index (χ0v) is 19.8. The van der Waals surface area contributed by atoms with Gasteiger partial charge in [-0.05, 0) is 44.7 Å². The van der Waals surface area contributed by atoms with Gasteiger partial charge in [0.1, 0.15) is 17.6 Å². The number of nitrogens with one attached hydrogen (secondary N) is 1. The van der Waals surface area contributed by atoms with E-state index < -0.39 is 0 Å². The topological polar surface area (TPSA) is 111 Å². The molecule has 35 heavy (non-hydrogen) atoms. The van der Waals surface area contributed by atoms with E-state index in [0.29, 0.717) is 11.4 Å². The molecule has 0 aliphatic heterocycles. The summed E-state index contributed by atoms with van der Waals surface area (Å²) in [5.41, 5.74) is 3.34. The van der Waals surface area contributed by atoms with Gasteiger partial charge >= 0.3 is 0 Å². The lowest BCUT2D eigenvalue weighted by Crippen LogP contribution is -2.27. The van der Waals surface area contributed by atoms with Gasteiger partial charge in [0.15, 0.2) is 0 Å². The first kappa shape index (κ1) is 22.6. The summed E-state index contributed by atoms with van der Waals surface area (Å²) in [7, 11) is 1.62. The molecule has 0 saturated heterocycles. The second-order valence-corrected chi connectivity index (χ2v) is 8.78. The molecule has 4 aromatic rings. The van der Waals surface area contributed by atoms with Crippen molar-refractivity contribution in [3.8, 4) is 23.2 Å². The molecule has 9 nitrogen and oxygen atoms in total. The van der Waals surface area contributed by atoms with Crippen LogP contribution in [-0.4, -0.2) is 37.2 Å². The Labute approximate surface area is 203 Å². The smallest absolute Gasteiger partial charge is 0.266 e. The number of nitrogens with zero attached hydrogens (tertiary/aromatic N) is 6. The molecule has 1 fully saturated rings. The van der Waals surface area contributed by atoms with E-state index in [1.54, 1.807) is 13.1 Å². The van der Waals surface area contributed by atoms with Crippen molar-refractivity contribution in [1.82, 2.24) is 24.5 Å². The van der Waals surface area contributed by atoms with Crippen molar-refractivity contribution in [3.05, 3.63) is 64.6 Å². The Morgan fingerprint density at radius 3 is 2.57 bits per heavy atom. The third-order valence-electron chi connectivity index (χ3n) is 6.45. The molecule has 1 aliphatic carbocycles. The van der Waals surface area contributed by atoms with Crippen molar-refractivity contribution in [2.75, 3.05) is 11.9 Å². The first-order chi connectivity index (χ1) is 17.1. The highest BCUT2D eigenvalue weighted by Gasteiger charge is 2.27. The average Bonchev–Trinajstić information content (AvgIpc) is 3.26. The van der Waals surface area contributed by atoms with Gasteiger partial charge in [0, 0.05) is 48.9 Å². The lowest BCUT2D eigenvalue weighted by Gasteiger charge is -2.29. The highest BCUT2D eigenvalue weighted by molar-refractivity contribution is 5.94. The minimum absolute atomic E-state index is 0.0510. The fourth-order valence-corrected chi connectivity index (χ4v) is 4.63. The maximum absolute atomic E-state index is 11.6. The van der Waals surface area contributed by atoms with Gasteiger partial charge in [-0.2, -0.15) is 10.4 Å². The lowest BCUT2D eigenvalue weighted by atomic mass is 9.93. The zero-order valence-electron chi connectivity index (χ0n) is 19.8. The van der Waals surface area contributed by atoms with Crippen LogP contribution in [0.15, 0.2) is 53.5 Å². The Morgan fingerprint density at radius 2 is 1.89 bits per heavy atom. The largest absolute Gasteiger partial charge is 0.473 e. The van der Waals surface area contributed by atoms with Crippen molar-refractivity contribution in [1.29, 1.82) is 5.26 Å². The number of aromatic nitrogens is 5. The fourth-order valence-electron chi connectivity index (χ4n) is 4.63. The number of aryl methyl sites for hydroxylation is 1. The summed E-state index contributed by atoms with van der Waals surface area (Å²) in [6.45, 7) is 2.84. The Morgan fingerprint density at radius 1 is 1.11 bits per heavy atom. The summed E-state index contributed by atoms with van der Waals surface area (Å²) >= 11 is 0. The monoisotopic (exact) mass is 469 g/mol. The standard InChI is InChI=1S/C26H27N7O2/c1-3-28-23-14-22-21(16-29-23)26(18-6-4-17(15-27)5-7-18)31-33(22)19-8-10-20(11-9-19)35-24-12-13-25(34)32(2)30-24/h4-7,12-14,16,19-20H,3,8-11H2,1-2H3,(H,28,29). The zero-order chi connectivity index (χ0) is 24.4. The van der Waals surface area contributed by atoms with Gasteiger partial charge in [0.2, 0.25) is 5.88 Å². The van der Waals surface area contributed by atoms with Crippen LogP contribution in [0.25, 0.3) is 22.2 Å². The highest BCUT2D eigenvalue weighted by Crippen LogP contribution is 2.36. The molecule has 0 radical (unpaired) electrons. The molecular formula is C26H27N7O2.